The van der Waals surface area contributed by atoms with Crippen molar-refractivity contribution in [3.8, 4) is 0 Å². The van der Waals surface area contributed by atoms with Crippen molar-refractivity contribution in [1.82, 2.24) is 15.2 Å². The Bertz CT molecular complexity index is 841. The van der Waals surface area contributed by atoms with Gasteiger partial charge in [0, 0.05) is 36.8 Å². The van der Waals surface area contributed by atoms with Gasteiger partial charge in [-0.3, -0.25) is 4.79 Å². The lowest BCUT2D eigenvalue weighted by Gasteiger charge is -2.33. The number of nitrogens with one attached hydrogen (secondary N) is 2. The van der Waals surface area contributed by atoms with Crippen LogP contribution in [0.4, 0.5) is 0 Å². The Morgan fingerprint density at radius 2 is 1.82 bits per heavy atom. The fraction of sp³-hybridized carbons (Fsp3) is 0.625. The molecule has 1 saturated heterocycles. The van der Waals surface area contributed by atoms with Crippen LogP contribution in [-0.4, -0.2) is 41.5 Å². The number of fused-ring (bicyclic) bond motifs is 3. The lowest BCUT2D eigenvalue weighted by atomic mass is 9.95. The van der Waals surface area contributed by atoms with E-state index < -0.39 is 0 Å². The first-order valence-corrected chi connectivity index (χ1v) is 11.4. The van der Waals surface area contributed by atoms with Gasteiger partial charge in [0.25, 0.3) is 5.91 Å². The quantitative estimate of drug-likeness (QED) is 0.825. The van der Waals surface area contributed by atoms with Gasteiger partial charge in [-0.15, -0.1) is 0 Å². The maximum absolute atomic E-state index is 13.1. The summed E-state index contributed by atoms with van der Waals surface area (Å²) >= 11 is 0. The van der Waals surface area contributed by atoms with Crippen molar-refractivity contribution in [1.29, 1.82) is 0 Å². The van der Waals surface area contributed by atoms with Crippen LogP contribution in [0.25, 0.3) is 10.9 Å². The van der Waals surface area contributed by atoms with Crippen molar-refractivity contribution in [3.05, 3.63) is 35.0 Å². The van der Waals surface area contributed by atoms with E-state index in [9.17, 15) is 4.79 Å². The number of piperidine rings is 1. The average molecular weight is 380 g/mol. The molecule has 1 amide bonds. The van der Waals surface area contributed by atoms with E-state index in [0.29, 0.717) is 6.04 Å². The molecule has 2 aromatic rings. The molecule has 4 heteroatoms. The van der Waals surface area contributed by atoms with Gasteiger partial charge in [0.1, 0.15) is 0 Å². The number of carbonyl (C=O) groups excluding carboxylic acids is 1. The molecular formula is C24H33N3O. The summed E-state index contributed by atoms with van der Waals surface area (Å²) in [6.07, 6.45) is 12.6. The highest BCUT2D eigenvalue weighted by Gasteiger charge is 2.25. The molecule has 1 aromatic heterocycles. The number of aryl methyl sites for hydroxylation is 2. The molecule has 2 N–H and O–H groups in total. The SMILES string of the molecule is O=C(NC1CCN(CC2CCCC2)CC1)c1cccc2c3c([nH]c12)CCCC3. The van der Waals surface area contributed by atoms with Crippen LogP contribution in [0, 0.1) is 5.92 Å². The highest BCUT2D eigenvalue weighted by atomic mass is 16.1. The van der Waals surface area contributed by atoms with Crippen molar-refractivity contribution in [2.24, 2.45) is 5.92 Å². The topological polar surface area (TPSA) is 48.1 Å². The van der Waals surface area contributed by atoms with E-state index in [1.807, 2.05) is 12.1 Å². The largest absolute Gasteiger partial charge is 0.358 e. The normalized spacial score (nSPS) is 21.9. The number of rotatable bonds is 4. The Morgan fingerprint density at radius 1 is 1.04 bits per heavy atom. The number of likely N-dealkylation sites (tertiary alicyclic amines) is 1. The van der Waals surface area contributed by atoms with E-state index in [4.69, 9.17) is 0 Å². The standard InChI is InChI=1S/C24H33N3O/c28-24(25-18-12-14-27(15-13-18)16-17-6-1-2-7-17)21-10-5-9-20-19-8-3-4-11-22(19)26-23(20)21/h5,9-10,17-18,26H,1-4,6-8,11-16H2,(H,25,28). The Labute approximate surface area is 168 Å². The number of carbonyl (C=O) groups is 1. The summed E-state index contributed by atoms with van der Waals surface area (Å²) in [7, 11) is 0. The van der Waals surface area contributed by atoms with Crippen LogP contribution in [0.15, 0.2) is 18.2 Å². The second-order valence-electron chi connectivity index (χ2n) is 9.22. The summed E-state index contributed by atoms with van der Waals surface area (Å²) in [4.78, 5) is 19.3. The molecule has 0 radical (unpaired) electrons. The predicted octanol–water partition coefficient (Wildman–Crippen LogP) is 4.43. The molecule has 2 heterocycles. The summed E-state index contributed by atoms with van der Waals surface area (Å²) < 4.78 is 0. The number of aromatic amines is 1. The Balaban J connectivity index is 1.23. The van der Waals surface area contributed by atoms with E-state index in [2.05, 4.69) is 21.3 Å². The minimum atomic E-state index is 0.0958. The van der Waals surface area contributed by atoms with Crippen molar-refractivity contribution in [3.63, 3.8) is 0 Å². The molecule has 2 aliphatic carbocycles. The van der Waals surface area contributed by atoms with Crippen LogP contribution >= 0.6 is 0 Å². The zero-order chi connectivity index (χ0) is 18.9. The smallest absolute Gasteiger partial charge is 0.253 e. The first-order valence-electron chi connectivity index (χ1n) is 11.4. The summed E-state index contributed by atoms with van der Waals surface area (Å²) in [5, 5.41) is 4.59. The maximum atomic E-state index is 13.1. The highest BCUT2D eigenvalue weighted by Crippen LogP contribution is 2.31. The number of nitrogens with zero attached hydrogens (tertiary/aromatic N) is 1. The highest BCUT2D eigenvalue weighted by molar-refractivity contribution is 6.07. The van der Waals surface area contributed by atoms with Gasteiger partial charge < -0.3 is 15.2 Å². The molecule has 4 nitrogen and oxygen atoms in total. The second-order valence-corrected chi connectivity index (χ2v) is 9.22. The molecule has 1 aromatic carbocycles. The van der Waals surface area contributed by atoms with Gasteiger partial charge in [0.2, 0.25) is 0 Å². The molecule has 0 atom stereocenters. The molecule has 28 heavy (non-hydrogen) atoms. The lowest BCUT2D eigenvalue weighted by molar-refractivity contribution is 0.0907. The Morgan fingerprint density at radius 3 is 2.64 bits per heavy atom. The van der Waals surface area contributed by atoms with Gasteiger partial charge in [-0.2, -0.15) is 0 Å². The van der Waals surface area contributed by atoms with Crippen LogP contribution in [0.3, 0.4) is 0 Å². The van der Waals surface area contributed by atoms with E-state index >= 15 is 0 Å². The summed E-state index contributed by atoms with van der Waals surface area (Å²) in [5.41, 5.74) is 4.66. The third-order valence-corrected chi connectivity index (χ3v) is 7.29. The molecule has 0 unspecified atom stereocenters. The first kappa shape index (κ1) is 18.2. The fourth-order valence-corrected chi connectivity index (χ4v) is 5.70. The second kappa shape index (κ2) is 7.90. The van der Waals surface area contributed by atoms with Crippen LogP contribution in [-0.2, 0) is 12.8 Å². The summed E-state index contributed by atoms with van der Waals surface area (Å²) in [6.45, 7) is 3.53. The van der Waals surface area contributed by atoms with E-state index in [1.165, 1.54) is 61.7 Å². The zero-order valence-corrected chi connectivity index (χ0v) is 16.9. The van der Waals surface area contributed by atoms with Gasteiger partial charge in [0.05, 0.1) is 11.1 Å². The molecule has 0 spiro atoms. The molecule has 1 saturated carbocycles. The Hall–Kier alpha value is -1.81. The maximum Gasteiger partial charge on any atom is 0.253 e. The van der Waals surface area contributed by atoms with Crippen LogP contribution in [0.5, 0.6) is 0 Å². The number of H-pyrrole nitrogens is 1. The number of amides is 1. The molecular weight excluding hydrogens is 346 g/mol. The molecule has 3 aliphatic rings. The molecule has 2 fully saturated rings. The molecule has 0 bridgehead atoms. The van der Waals surface area contributed by atoms with E-state index in [1.54, 1.807) is 0 Å². The van der Waals surface area contributed by atoms with E-state index in [-0.39, 0.29) is 5.91 Å². The van der Waals surface area contributed by atoms with Gasteiger partial charge in [0.15, 0.2) is 0 Å². The minimum Gasteiger partial charge on any atom is -0.358 e. The Kier molecular flexibility index (Phi) is 5.15. The number of hydrogen-bond donors (Lipinski definition) is 2. The van der Waals surface area contributed by atoms with Crippen molar-refractivity contribution >= 4 is 16.8 Å². The van der Waals surface area contributed by atoms with Gasteiger partial charge in [-0.25, -0.2) is 0 Å². The summed E-state index contributed by atoms with van der Waals surface area (Å²) in [6, 6.07) is 6.51. The van der Waals surface area contributed by atoms with Crippen molar-refractivity contribution in [2.45, 2.75) is 70.3 Å². The van der Waals surface area contributed by atoms with Gasteiger partial charge in [-0.1, -0.05) is 25.0 Å². The van der Waals surface area contributed by atoms with Crippen LogP contribution in [0.1, 0.15) is 73.0 Å². The van der Waals surface area contributed by atoms with Crippen molar-refractivity contribution in [2.75, 3.05) is 19.6 Å². The van der Waals surface area contributed by atoms with Crippen molar-refractivity contribution < 1.29 is 4.79 Å². The number of hydrogen-bond acceptors (Lipinski definition) is 2. The monoisotopic (exact) mass is 379 g/mol. The van der Waals surface area contributed by atoms with Crippen LogP contribution in [0.2, 0.25) is 0 Å². The lowest BCUT2D eigenvalue weighted by Crippen LogP contribution is -2.45. The third-order valence-electron chi connectivity index (χ3n) is 7.29. The number of aromatic nitrogens is 1. The van der Waals surface area contributed by atoms with E-state index in [0.717, 1.165) is 55.8 Å². The number of para-hydroxylation sites is 1. The molecule has 5 rings (SSSR count). The fourth-order valence-electron chi connectivity index (χ4n) is 5.70. The number of benzene rings is 1. The minimum absolute atomic E-state index is 0.0958. The molecule has 150 valence electrons. The zero-order valence-electron chi connectivity index (χ0n) is 16.9. The third kappa shape index (κ3) is 3.59. The molecule has 1 aliphatic heterocycles. The van der Waals surface area contributed by atoms with Gasteiger partial charge in [-0.05, 0) is 68.9 Å². The summed E-state index contributed by atoms with van der Waals surface area (Å²) in [5.74, 6) is 1.01. The average Bonchev–Trinajstić information content (AvgIpc) is 3.36. The van der Waals surface area contributed by atoms with Crippen LogP contribution < -0.4 is 5.32 Å². The predicted molar refractivity (Wildman–Crippen MR) is 114 cm³/mol. The first-order chi connectivity index (χ1) is 13.8. The van der Waals surface area contributed by atoms with Gasteiger partial charge >= 0.3 is 0 Å².